The zero-order chi connectivity index (χ0) is 19.2. The Morgan fingerprint density at radius 3 is 1.96 bits per heavy atom. The number of hydrogen-bond acceptors (Lipinski definition) is 5. The highest BCUT2D eigenvalue weighted by atomic mass is 127. The van der Waals surface area contributed by atoms with Gasteiger partial charge in [0.15, 0.2) is 18.2 Å². The highest BCUT2D eigenvalue weighted by Crippen LogP contribution is 2.21. The summed E-state index contributed by atoms with van der Waals surface area (Å²) in [5.41, 5.74) is 3.12. The fourth-order valence-electron chi connectivity index (χ4n) is 2.98. The van der Waals surface area contributed by atoms with Crippen LogP contribution >= 0.6 is 22.6 Å². The number of ketones is 2. The summed E-state index contributed by atoms with van der Waals surface area (Å²) in [7, 11) is 0. The quantitative estimate of drug-likeness (QED) is 0.286. The molecular weight excluding hydrogens is 457 g/mol. The molecule has 1 atom stereocenters. The van der Waals surface area contributed by atoms with Crippen molar-refractivity contribution in [2.45, 2.75) is 18.9 Å². The Morgan fingerprint density at radius 2 is 1.48 bits per heavy atom. The molecule has 5 nitrogen and oxygen atoms in total. The molecule has 2 aromatic rings. The van der Waals surface area contributed by atoms with Crippen molar-refractivity contribution in [1.29, 1.82) is 0 Å². The standard InChI is InChI=1S/C21H20INO4/c22-12-19(24)16-7-3-14(4-8-16)15-5-9-17(10-6-15)20(25)13-27-21(26)18-2-1-11-23-18/h3-10,18,23H,1-2,11-13H2/t18-/m0/s1. The minimum Gasteiger partial charge on any atom is -0.456 e. The number of carbonyl (C=O) groups is 3. The van der Waals surface area contributed by atoms with E-state index in [1.165, 1.54) is 0 Å². The predicted molar refractivity (Wildman–Crippen MR) is 111 cm³/mol. The molecule has 0 saturated carbocycles. The van der Waals surface area contributed by atoms with Gasteiger partial charge in [0.25, 0.3) is 0 Å². The summed E-state index contributed by atoms with van der Waals surface area (Å²) in [5.74, 6) is -0.486. The maximum atomic E-state index is 12.2. The minimum absolute atomic E-state index is 0.102. The van der Waals surface area contributed by atoms with Gasteiger partial charge in [0.2, 0.25) is 0 Å². The summed E-state index contributed by atoms with van der Waals surface area (Å²) < 4.78 is 5.57. The van der Waals surface area contributed by atoms with Crippen LogP contribution in [-0.4, -0.2) is 41.2 Å². The highest BCUT2D eigenvalue weighted by Gasteiger charge is 2.24. The third kappa shape index (κ3) is 5.01. The van der Waals surface area contributed by atoms with E-state index < -0.39 is 0 Å². The van der Waals surface area contributed by atoms with E-state index in [0.29, 0.717) is 15.6 Å². The summed E-state index contributed by atoms with van der Waals surface area (Å²) in [4.78, 5) is 35.8. The first kappa shape index (κ1) is 19.7. The molecule has 3 rings (SSSR count). The summed E-state index contributed by atoms with van der Waals surface area (Å²) >= 11 is 2.05. The number of rotatable bonds is 7. The van der Waals surface area contributed by atoms with Crippen LogP contribution < -0.4 is 5.32 Å². The Bertz CT molecular complexity index is 824. The van der Waals surface area contributed by atoms with Crippen molar-refractivity contribution in [1.82, 2.24) is 5.32 Å². The average Bonchev–Trinajstić information content (AvgIpc) is 3.26. The molecule has 1 saturated heterocycles. The Kier molecular flexibility index (Phi) is 6.73. The molecule has 0 aromatic heterocycles. The molecule has 0 amide bonds. The van der Waals surface area contributed by atoms with E-state index in [0.717, 1.165) is 30.5 Å². The second kappa shape index (κ2) is 9.23. The molecule has 1 aliphatic heterocycles. The topological polar surface area (TPSA) is 72.5 Å². The Balaban J connectivity index is 1.60. The number of hydrogen-bond donors (Lipinski definition) is 1. The highest BCUT2D eigenvalue weighted by molar-refractivity contribution is 14.1. The Labute approximate surface area is 171 Å². The fraction of sp³-hybridized carbons (Fsp3) is 0.286. The van der Waals surface area contributed by atoms with Crippen LogP contribution in [0.3, 0.4) is 0 Å². The summed E-state index contributed by atoms with van der Waals surface area (Å²) in [6, 6.07) is 14.3. The van der Waals surface area contributed by atoms with E-state index in [9.17, 15) is 14.4 Å². The lowest BCUT2D eigenvalue weighted by Gasteiger charge is -2.10. The molecule has 140 valence electrons. The number of nitrogens with one attached hydrogen (secondary N) is 1. The van der Waals surface area contributed by atoms with Crippen molar-refractivity contribution in [3.8, 4) is 11.1 Å². The van der Waals surface area contributed by atoms with Gasteiger partial charge in [0.1, 0.15) is 6.04 Å². The number of carbonyl (C=O) groups excluding carboxylic acids is 3. The van der Waals surface area contributed by atoms with E-state index in [1.807, 2.05) is 36.4 Å². The largest absolute Gasteiger partial charge is 0.456 e. The first-order valence-corrected chi connectivity index (χ1v) is 10.3. The smallest absolute Gasteiger partial charge is 0.323 e. The van der Waals surface area contributed by atoms with Gasteiger partial charge >= 0.3 is 5.97 Å². The van der Waals surface area contributed by atoms with E-state index in [-0.39, 0.29) is 30.2 Å². The van der Waals surface area contributed by atoms with E-state index >= 15 is 0 Å². The van der Waals surface area contributed by atoms with Crippen LogP contribution in [-0.2, 0) is 9.53 Å². The molecule has 1 N–H and O–H groups in total. The van der Waals surface area contributed by atoms with E-state index in [2.05, 4.69) is 27.9 Å². The summed E-state index contributed by atoms with van der Waals surface area (Å²) in [6.07, 6.45) is 1.70. The summed E-state index contributed by atoms with van der Waals surface area (Å²) in [5, 5.41) is 3.05. The van der Waals surface area contributed by atoms with Crippen LogP contribution in [0, 0.1) is 0 Å². The van der Waals surface area contributed by atoms with Gasteiger partial charge in [-0.2, -0.15) is 0 Å². The molecule has 1 aliphatic rings. The lowest BCUT2D eigenvalue weighted by atomic mass is 10.0. The molecule has 2 aromatic carbocycles. The summed E-state index contributed by atoms with van der Waals surface area (Å²) in [6.45, 7) is 0.561. The van der Waals surface area contributed by atoms with Crippen molar-refractivity contribution in [3.63, 3.8) is 0 Å². The van der Waals surface area contributed by atoms with Crippen molar-refractivity contribution in [3.05, 3.63) is 59.7 Å². The van der Waals surface area contributed by atoms with E-state index in [4.69, 9.17) is 4.74 Å². The van der Waals surface area contributed by atoms with Crippen LogP contribution in [0.2, 0.25) is 0 Å². The number of esters is 1. The second-order valence-corrected chi connectivity index (χ2v) is 7.15. The number of ether oxygens (including phenoxy) is 1. The molecule has 0 aliphatic carbocycles. The predicted octanol–water partition coefficient (Wildman–Crippen LogP) is 3.45. The number of Topliss-reactive ketones (excluding diaryl/α,β-unsaturated/α-hetero) is 2. The lowest BCUT2D eigenvalue weighted by Crippen LogP contribution is -2.33. The van der Waals surface area contributed by atoms with E-state index in [1.54, 1.807) is 12.1 Å². The zero-order valence-electron chi connectivity index (χ0n) is 14.7. The van der Waals surface area contributed by atoms with Crippen LogP contribution in [0.5, 0.6) is 0 Å². The Morgan fingerprint density at radius 1 is 0.926 bits per heavy atom. The molecule has 0 unspecified atom stereocenters. The third-order valence-corrected chi connectivity index (χ3v) is 5.25. The van der Waals surface area contributed by atoms with Crippen molar-refractivity contribution in [2.24, 2.45) is 0 Å². The van der Waals surface area contributed by atoms with Gasteiger partial charge in [0.05, 0.1) is 4.43 Å². The molecule has 1 heterocycles. The number of alkyl halides is 1. The maximum absolute atomic E-state index is 12.2. The van der Waals surface area contributed by atoms with Crippen molar-refractivity contribution < 1.29 is 19.1 Å². The normalized spacial score (nSPS) is 16.1. The number of benzene rings is 2. The van der Waals surface area contributed by atoms with Gasteiger partial charge in [-0.05, 0) is 30.5 Å². The van der Waals surface area contributed by atoms with Gasteiger partial charge in [-0.15, -0.1) is 0 Å². The van der Waals surface area contributed by atoms with Crippen molar-refractivity contribution >= 4 is 40.1 Å². The van der Waals surface area contributed by atoms with Crippen molar-refractivity contribution in [2.75, 3.05) is 17.6 Å². The fourth-order valence-corrected chi connectivity index (χ4v) is 3.42. The first-order chi connectivity index (χ1) is 13.1. The van der Waals surface area contributed by atoms with Gasteiger partial charge in [-0.25, -0.2) is 0 Å². The Hall–Kier alpha value is -2.06. The van der Waals surface area contributed by atoms with Crippen LogP contribution in [0.15, 0.2) is 48.5 Å². The second-order valence-electron chi connectivity index (χ2n) is 6.39. The zero-order valence-corrected chi connectivity index (χ0v) is 16.9. The molecule has 27 heavy (non-hydrogen) atoms. The molecule has 6 heteroatoms. The third-order valence-electron chi connectivity index (χ3n) is 4.56. The molecule has 0 spiro atoms. The lowest BCUT2D eigenvalue weighted by molar-refractivity contribution is -0.144. The van der Waals surface area contributed by atoms with Gasteiger partial charge in [-0.3, -0.25) is 14.4 Å². The van der Waals surface area contributed by atoms with Crippen LogP contribution in [0.1, 0.15) is 33.6 Å². The monoisotopic (exact) mass is 477 g/mol. The molecule has 1 fully saturated rings. The molecule has 0 radical (unpaired) electrons. The molecule has 0 bridgehead atoms. The van der Waals surface area contributed by atoms with Crippen LogP contribution in [0.25, 0.3) is 11.1 Å². The first-order valence-electron chi connectivity index (χ1n) is 8.81. The van der Waals surface area contributed by atoms with Gasteiger partial charge < -0.3 is 10.1 Å². The van der Waals surface area contributed by atoms with Gasteiger partial charge in [0, 0.05) is 11.1 Å². The maximum Gasteiger partial charge on any atom is 0.323 e. The molecular formula is C21H20INO4. The van der Waals surface area contributed by atoms with Gasteiger partial charge in [-0.1, -0.05) is 71.1 Å². The SMILES string of the molecule is O=C(CI)c1ccc(-c2ccc(C(=O)COC(=O)[C@@H]3CCCN3)cc2)cc1. The number of halogens is 1. The van der Waals surface area contributed by atoms with Crippen LogP contribution in [0.4, 0.5) is 0 Å². The average molecular weight is 477 g/mol. The minimum atomic E-state index is -0.362.